The molecule has 1 N–H and O–H groups in total. The molecule has 0 saturated heterocycles. The van der Waals surface area contributed by atoms with Gasteiger partial charge in [-0.1, -0.05) is 34.8 Å². The Morgan fingerprint density at radius 2 is 1.83 bits per heavy atom. The van der Waals surface area contributed by atoms with Crippen LogP contribution in [0.2, 0.25) is 15.2 Å². The third-order valence-corrected chi connectivity index (χ3v) is 2.81. The van der Waals surface area contributed by atoms with Crippen molar-refractivity contribution in [3.63, 3.8) is 0 Å². The Kier molecular flexibility index (Phi) is 4.01. The van der Waals surface area contributed by atoms with Crippen LogP contribution in [-0.4, -0.2) is 16.1 Å². The van der Waals surface area contributed by atoms with Crippen molar-refractivity contribution in [3.8, 4) is 0 Å². The molecule has 92 valence electrons. The summed E-state index contributed by atoms with van der Waals surface area (Å²) in [5, 5.41) is 10.9. The molecule has 0 bridgehead atoms. The minimum Gasteiger partial charge on any atom is -0.319 e. The predicted molar refractivity (Wildman–Crippen MR) is 71.5 cm³/mol. The van der Waals surface area contributed by atoms with E-state index in [1.807, 2.05) is 0 Å². The minimum atomic E-state index is -0.441. The Morgan fingerprint density at radius 3 is 2.50 bits per heavy atom. The molecule has 0 atom stereocenters. The van der Waals surface area contributed by atoms with Gasteiger partial charge in [-0.05, 0) is 30.3 Å². The van der Waals surface area contributed by atoms with Crippen LogP contribution in [0.15, 0.2) is 30.3 Å². The van der Waals surface area contributed by atoms with Crippen LogP contribution in [0.25, 0.3) is 0 Å². The van der Waals surface area contributed by atoms with Gasteiger partial charge in [0.25, 0.3) is 5.91 Å². The lowest BCUT2D eigenvalue weighted by atomic mass is 10.3. The van der Waals surface area contributed by atoms with E-state index in [1.165, 1.54) is 12.1 Å². The van der Waals surface area contributed by atoms with Crippen molar-refractivity contribution in [1.29, 1.82) is 0 Å². The molecule has 2 rings (SSSR count). The highest BCUT2D eigenvalue weighted by atomic mass is 35.5. The lowest BCUT2D eigenvalue weighted by Gasteiger charge is -2.06. The van der Waals surface area contributed by atoms with Gasteiger partial charge in [0.15, 0.2) is 10.8 Å². The molecule has 0 aliphatic carbocycles. The lowest BCUT2D eigenvalue weighted by molar-refractivity contribution is 0.102. The van der Waals surface area contributed by atoms with Gasteiger partial charge < -0.3 is 5.32 Å². The third-order valence-electron chi connectivity index (χ3n) is 2.04. The Balaban J connectivity index is 2.21. The normalized spacial score (nSPS) is 10.2. The summed E-state index contributed by atoms with van der Waals surface area (Å²) in [6, 6.07) is 7.70. The van der Waals surface area contributed by atoms with Crippen molar-refractivity contribution in [2.24, 2.45) is 0 Å². The van der Waals surface area contributed by atoms with Crippen LogP contribution >= 0.6 is 34.8 Å². The van der Waals surface area contributed by atoms with Gasteiger partial charge >= 0.3 is 0 Å². The zero-order chi connectivity index (χ0) is 13.1. The number of benzene rings is 1. The first kappa shape index (κ1) is 13.1. The van der Waals surface area contributed by atoms with E-state index < -0.39 is 5.91 Å². The predicted octanol–water partition coefficient (Wildman–Crippen LogP) is 3.69. The van der Waals surface area contributed by atoms with Gasteiger partial charge in [-0.3, -0.25) is 4.79 Å². The second kappa shape index (κ2) is 5.52. The number of aromatic nitrogens is 2. The molecular weight excluding hydrogens is 296 g/mol. The van der Waals surface area contributed by atoms with Crippen molar-refractivity contribution < 1.29 is 4.79 Å². The van der Waals surface area contributed by atoms with Crippen LogP contribution in [0, 0.1) is 0 Å². The summed E-state index contributed by atoms with van der Waals surface area (Å²) >= 11 is 17.3. The van der Waals surface area contributed by atoms with E-state index >= 15 is 0 Å². The highest BCUT2D eigenvalue weighted by molar-refractivity contribution is 6.35. The molecule has 0 aliphatic rings. The van der Waals surface area contributed by atoms with Crippen LogP contribution in [0.4, 0.5) is 5.69 Å². The molecule has 0 fully saturated rings. The smallest absolute Gasteiger partial charge is 0.276 e. The molecule has 0 radical (unpaired) electrons. The molecule has 1 aromatic heterocycles. The average Bonchev–Trinajstić information content (AvgIpc) is 2.34. The van der Waals surface area contributed by atoms with Crippen molar-refractivity contribution in [3.05, 3.63) is 51.2 Å². The average molecular weight is 303 g/mol. The van der Waals surface area contributed by atoms with E-state index in [4.69, 9.17) is 34.8 Å². The summed E-state index contributed by atoms with van der Waals surface area (Å²) in [6.07, 6.45) is 0. The number of halogens is 3. The maximum Gasteiger partial charge on any atom is 0.276 e. The van der Waals surface area contributed by atoms with E-state index in [2.05, 4.69) is 15.5 Å². The zero-order valence-corrected chi connectivity index (χ0v) is 11.1. The van der Waals surface area contributed by atoms with Gasteiger partial charge in [0.1, 0.15) is 0 Å². The van der Waals surface area contributed by atoms with Crippen LogP contribution in [0.5, 0.6) is 0 Å². The Bertz CT molecular complexity index is 587. The summed E-state index contributed by atoms with van der Waals surface area (Å²) < 4.78 is 0. The van der Waals surface area contributed by atoms with E-state index in [9.17, 15) is 4.79 Å². The summed E-state index contributed by atoms with van der Waals surface area (Å²) in [6.45, 7) is 0. The highest BCUT2D eigenvalue weighted by Gasteiger charge is 2.10. The van der Waals surface area contributed by atoms with Crippen LogP contribution in [-0.2, 0) is 0 Å². The fraction of sp³-hybridized carbons (Fsp3) is 0. The SMILES string of the molecule is O=C(Nc1cc(Cl)ccc1Cl)c1ccc(Cl)nn1. The van der Waals surface area contributed by atoms with Crippen molar-refractivity contribution in [2.45, 2.75) is 0 Å². The lowest BCUT2D eigenvalue weighted by Crippen LogP contribution is -2.14. The fourth-order valence-electron chi connectivity index (χ4n) is 1.22. The van der Waals surface area contributed by atoms with Crippen molar-refractivity contribution in [2.75, 3.05) is 5.32 Å². The molecule has 0 aliphatic heterocycles. The molecule has 18 heavy (non-hydrogen) atoms. The largest absolute Gasteiger partial charge is 0.319 e. The zero-order valence-electron chi connectivity index (χ0n) is 8.82. The second-order valence-electron chi connectivity index (χ2n) is 3.32. The van der Waals surface area contributed by atoms with Gasteiger partial charge in [0.2, 0.25) is 0 Å². The number of anilines is 1. The molecule has 7 heteroatoms. The number of nitrogens with one attached hydrogen (secondary N) is 1. The first-order valence-corrected chi connectivity index (χ1v) is 5.95. The standard InChI is InChI=1S/C11H6Cl3N3O/c12-6-1-2-7(13)9(5-6)15-11(18)8-3-4-10(14)17-16-8/h1-5H,(H,15,18). The topological polar surface area (TPSA) is 54.9 Å². The first-order valence-electron chi connectivity index (χ1n) is 4.82. The molecule has 2 aromatic rings. The van der Waals surface area contributed by atoms with Crippen LogP contribution < -0.4 is 5.32 Å². The molecule has 0 unspecified atom stereocenters. The summed E-state index contributed by atoms with van der Waals surface area (Å²) in [4.78, 5) is 11.8. The number of carbonyl (C=O) groups is 1. The number of hydrogen-bond acceptors (Lipinski definition) is 3. The molecule has 0 saturated carbocycles. The third kappa shape index (κ3) is 3.10. The maximum absolute atomic E-state index is 11.8. The number of amides is 1. The summed E-state index contributed by atoms with van der Waals surface area (Å²) in [7, 11) is 0. The minimum absolute atomic E-state index is 0.135. The molecule has 1 aromatic carbocycles. The van der Waals surface area contributed by atoms with E-state index in [0.717, 1.165) is 0 Å². The second-order valence-corrected chi connectivity index (χ2v) is 4.55. The van der Waals surface area contributed by atoms with Crippen LogP contribution in [0.3, 0.4) is 0 Å². The quantitative estimate of drug-likeness (QED) is 0.920. The number of rotatable bonds is 2. The number of nitrogens with zero attached hydrogens (tertiary/aromatic N) is 2. The van der Waals surface area contributed by atoms with E-state index in [-0.39, 0.29) is 10.8 Å². The fourth-order valence-corrected chi connectivity index (χ4v) is 1.65. The van der Waals surface area contributed by atoms with Gasteiger partial charge in [-0.25, -0.2) is 0 Å². The van der Waals surface area contributed by atoms with Gasteiger partial charge in [0, 0.05) is 5.02 Å². The Hall–Kier alpha value is -1.36. The molecule has 0 spiro atoms. The molecule has 4 nitrogen and oxygen atoms in total. The Labute approximate surface area is 118 Å². The summed E-state index contributed by atoms with van der Waals surface area (Å²) in [5.41, 5.74) is 0.543. The highest BCUT2D eigenvalue weighted by Crippen LogP contribution is 2.25. The molecule has 1 heterocycles. The van der Waals surface area contributed by atoms with Crippen LogP contribution in [0.1, 0.15) is 10.5 Å². The van der Waals surface area contributed by atoms with Crippen molar-refractivity contribution >= 4 is 46.4 Å². The van der Waals surface area contributed by atoms with Gasteiger partial charge in [-0.2, -0.15) is 0 Å². The number of hydrogen-bond donors (Lipinski definition) is 1. The first-order chi connectivity index (χ1) is 8.56. The number of carbonyl (C=O) groups excluding carboxylic acids is 1. The monoisotopic (exact) mass is 301 g/mol. The van der Waals surface area contributed by atoms with E-state index in [0.29, 0.717) is 15.7 Å². The molecule has 1 amide bonds. The van der Waals surface area contributed by atoms with E-state index in [1.54, 1.807) is 18.2 Å². The molecular formula is C11H6Cl3N3O. The maximum atomic E-state index is 11.8. The van der Waals surface area contributed by atoms with Gasteiger partial charge in [0.05, 0.1) is 10.7 Å². The van der Waals surface area contributed by atoms with Gasteiger partial charge in [-0.15, -0.1) is 10.2 Å². The Morgan fingerprint density at radius 1 is 1.06 bits per heavy atom. The summed E-state index contributed by atoms with van der Waals surface area (Å²) in [5.74, 6) is -0.441. The van der Waals surface area contributed by atoms with Crippen molar-refractivity contribution in [1.82, 2.24) is 10.2 Å².